The van der Waals surface area contributed by atoms with E-state index in [4.69, 9.17) is 21.7 Å². The summed E-state index contributed by atoms with van der Waals surface area (Å²) in [6.07, 6.45) is -3.88. The number of aryl methyl sites for hydroxylation is 2. The van der Waals surface area contributed by atoms with Gasteiger partial charge in [-0.25, -0.2) is 8.78 Å². The number of carbonyl (C=O) groups is 1. The quantitative estimate of drug-likeness (QED) is 0.299. The van der Waals surface area contributed by atoms with Crippen molar-refractivity contribution in [1.82, 2.24) is 4.90 Å². The van der Waals surface area contributed by atoms with Crippen LogP contribution in [0.3, 0.4) is 0 Å². The van der Waals surface area contributed by atoms with Gasteiger partial charge in [-0.15, -0.1) is 0 Å². The summed E-state index contributed by atoms with van der Waals surface area (Å²) in [6.45, 7) is 11.0. The molecular formula is C27H34ClF5N2O. The number of halogens is 6. The van der Waals surface area contributed by atoms with Crippen LogP contribution in [0.1, 0.15) is 50.3 Å². The lowest BCUT2D eigenvalue weighted by Gasteiger charge is -2.13. The van der Waals surface area contributed by atoms with Crippen molar-refractivity contribution in [2.75, 3.05) is 20.1 Å². The van der Waals surface area contributed by atoms with Crippen LogP contribution in [0.5, 0.6) is 0 Å². The minimum Gasteiger partial charge on any atom is -0.306 e. The van der Waals surface area contributed by atoms with Crippen LogP contribution in [0, 0.1) is 41.7 Å². The number of nitrogens with zero attached hydrogens (tertiary/aromatic N) is 2. The molecule has 0 radical (unpaired) electrons. The molecule has 0 aromatic heterocycles. The molecule has 1 saturated heterocycles. The van der Waals surface area contributed by atoms with E-state index >= 15 is 0 Å². The summed E-state index contributed by atoms with van der Waals surface area (Å²) in [7, 11) is 2.21. The molecule has 0 spiro atoms. The van der Waals surface area contributed by atoms with E-state index in [1.165, 1.54) is 25.6 Å². The normalized spacial score (nSPS) is 14.9. The van der Waals surface area contributed by atoms with E-state index in [1.54, 1.807) is 25.1 Å². The number of likely N-dealkylation sites (tertiary alicyclic amines) is 1. The van der Waals surface area contributed by atoms with Crippen LogP contribution in [0.4, 0.5) is 22.0 Å². The predicted molar refractivity (Wildman–Crippen MR) is 134 cm³/mol. The first-order valence-electron chi connectivity index (χ1n) is 11.5. The van der Waals surface area contributed by atoms with Gasteiger partial charge in [-0.3, -0.25) is 0 Å². The monoisotopic (exact) mass is 532 g/mol. The van der Waals surface area contributed by atoms with Gasteiger partial charge in [0.25, 0.3) is 0 Å². The summed E-state index contributed by atoms with van der Waals surface area (Å²) in [6, 6.07) is 11.6. The summed E-state index contributed by atoms with van der Waals surface area (Å²) in [4.78, 5) is 11.5. The highest BCUT2D eigenvalue weighted by molar-refractivity contribution is 6.31. The Morgan fingerprint density at radius 1 is 1.22 bits per heavy atom. The number of carbonyl (C=O) groups excluding carboxylic acids is 1. The standard InChI is InChI=1S/C8H6ClN.C8H8F2.C8H17N.C3H3F3O/c1-6-2-3-7(5-10)8(9)4-6;1-2-6-4-3-5-7(9)8(6)10;1-7(2)8-4-5-9(3)6-8;4-3(5,6)1-2-7/h2-4H,1H3;3-5H,2H2,1H3;7-8H,4-6H2,1-3H3;2H,1H2. The van der Waals surface area contributed by atoms with Gasteiger partial charge in [-0.1, -0.05) is 50.6 Å². The van der Waals surface area contributed by atoms with Gasteiger partial charge in [0, 0.05) is 6.54 Å². The van der Waals surface area contributed by atoms with Gasteiger partial charge in [-0.2, -0.15) is 18.4 Å². The number of alkyl halides is 3. The van der Waals surface area contributed by atoms with Gasteiger partial charge in [0.1, 0.15) is 12.4 Å². The minimum absolute atomic E-state index is 0.167. The Bertz CT molecular complexity index is 974. The highest BCUT2D eigenvalue weighted by Crippen LogP contribution is 2.21. The van der Waals surface area contributed by atoms with E-state index in [9.17, 15) is 22.0 Å². The second kappa shape index (κ2) is 17.0. The second-order valence-electron chi connectivity index (χ2n) is 8.70. The van der Waals surface area contributed by atoms with Crippen molar-refractivity contribution >= 4 is 17.9 Å². The molecule has 0 bridgehead atoms. The van der Waals surface area contributed by atoms with Crippen LogP contribution >= 0.6 is 11.6 Å². The zero-order chi connectivity index (χ0) is 27.9. The molecule has 1 aliphatic rings. The summed E-state index contributed by atoms with van der Waals surface area (Å²) in [5, 5.41) is 9.00. The maximum absolute atomic E-state index is 12.6. The van der Waals surface area contributed by atoms with Gasteiger partial charge < -0.3 is 9.69 Å². The van der Waals surface area contributed by atoms with Crippen molar-refractivity contribution in [1.29, 1.82) is 5.26 Å². The van der Waals surface area contributed by atoms with Crippen molar-refractivity contribution in [3.8, 4) is 6.07 Å². The zero-order valence-electron chi connectivity index (χ0n) is 21.3. The Hall–Kier alpha value is -2.50. The Balaban J connectivity index is 0.000000458. The number of hydrogen-bond donors (Lipinski definition) is 0. The number of rotatable bonds is 3. The Labute approximate surface area is 215 Å². The number of nitriles is 1. The van der Waals surface area contributed by atoms with Crippen molar-refractivity contribution in [3.63, 3.8) is 0 Å². The fourth-order valence-corrected chi connectivity index (χ4v) is 3.42. The molecule has 0 aliphatic carbocycles. The zero-order valence-corrected chi connectivity index (χ0v) is 22.1. The molecule has 1 unspecified atom stereocenters. The van der Waals surface area contributed by atoms with Crippen molar-refractivity contribution < 1.29 is 26.7 Å². The lowest BCUT2D eigenvalue weighted by atomic mass is 9.95. The Morgan fingerprint density at radius 3 is 2.19 bits per heavy atom. The maximum Gasteiger partial charge on any atom is 0.395 e. The average Bonchev–Trinajstić information content (AvgIpc) is 3.23. The Morgan fingerprint density at radius 2 is 1.86 bits per heavy atom. The number of hydrogen-bond acceptors (Lipinski definition) is 3. The first-order valence-corrected chi connectivity index (χ1v) is 11.9. The smallest absolute Gasteiger partial charge is 0.306 e. The van der Waals surface area contributed by atoms with Crippen LogP contribution in [-0.2, 0) is 11.2 Å². The SMILES string of the molecule is CC(C)C1CCN(C)C1.CCc1cccc(F)c1F.Cc1ccc(C#N)c(Cl)c1.O=CCC(F)(F)F. The van der Waals surface area contributed by atoms with Crippen molar-refractivity contribution in [3.05, 3.63) is 69.7 Å². The van der Waals surface area contributed by atoms with Crippen molar-refractivity contribution in [2.24, 2.45) is 11.8 Å². The van der Waals surface area contributed by atoms with E-state index in [2.05, 4.69) is 25.8 Å². The average molecular weight is 533 g/mol. The van der Waals surface area contributed by atoms with Gasteiger partial charge in [0.05, 0.1) is 17.0 Å². The topological polar surface area (TPSA) is 44.1 Å². The summed E-state index contributed by atoms with van der Waals surface area (Å²) < 4.78 is 57.5. The third kappa shape index (κ3) is 14.2. The largest absolute Gasteiger partial charge is 0.395 e. The highest BCUT2D eigenvalue weighted by atomic mass is 35.5. The molecule has 1 atom stereocenters. The molecule has 3 nitrogen and oxygen atoms in total. The molecule has 0 saturated carbocycles. The van der Waals surface area contributed by atoms with Crippen LogP contribution in [0.25, 0.3) is 0 Å². The maximum atomic E-state index is 12.6. The highest BCUT2D eigenvalue weighted by Gasteiger charge is 2.25. The molecule has 0 N–H and O–H groups in total. The lowest BCUT2D eigenvalue weighted by molar-refractivity contribution is -0.144. The summed E-state index contributed by atoms with van der Waals surface area (Å²) in [5.74, 6) is 0.370. The van der Waals surface area contributed by atoms with E-state index in [1.807, 2.05) is 19.1 Å². The first-order chi connectivity index (χ1) is 16.7. The van der Waals surface area contributed by atoms with E-state index in [0.717, 1.165) is 23.5 Å². The van der Waals surface area contributed by atoms with Crippen molar-refractivity contribution in [2.45, 2.75) is 53.1 Å². The molecule has 2 aromatic carbocycles. The molecule has 200 valence electrons. The first kappa shape index (κ1) is 33.5. The van der Waals surface area contributed by atoms with Gasteiger partial charge in [0.15, 0.2) is 11.6 Å². The van der Waals surface area contributed by atoms with Gasteiger partial charge >= 0.3 is 6.18 Å². The summed E-state index contributed by atoms with van der Waals surface area (Å²) in [5.41, 5.74) is 2.04. The molecule has 1 heterocycles. The molecule has 9 heteroatoms. The summed E-state index contributed by atoms with van der Waals surface area (Å²) >= 11 is 5.71. The van der Waals surface area contributed by atoms with Crippen LogP contribution in [-0.4, -0.2) is 37.5 Å². The predicted octanol–water partition coefficient (Wildman–Crippen LogP) is 7.78. The van der Waals surface area contributed by atoms with Crippen LogP contribution < -0.4 is 0 Å². The van der Waals surface area contributed by atoms with E-state index in [-0.39, 0.29) is 6.29 Å². The van der Waals surface area contributed by atoms with E-state index < -0.39 is 24.2 Å². The molecule has 1 aliphatic heterocycles. The molecule has 3 rings (SSSR count). The molecule has 0 amide bonds. The molecule has 1 fully saturated rings. The molecule has 36 heavy (non-hydrogen) atoms. The third-order valence-corrected chi connectivity index (χ3v) is 5.66. The van der Waals surface area contributed by atoms with Crippen LogP contribution in [0.2, 0.25) is 5.02 Å². The lowest BCUT2D eigenvalue weighted by Crippen LogP contribution is -2.16. The van der Waals surface area contributed by atoms with Gasteiger partial charge in [0.2, 0.25) is 0 Å². The Kier molecular flexibility index (Phi) is 15.9. The molecule has 2 aromatic rings. The number of benzene rings is 2. The van der Waals surface area contributed by atoms with E-state index in [0.29, 0.717) is 22.6 Å². The van der Waals surface area contributed by atoms with Crippen LogP contribution in [0.15, 0.2) is 36.4 Å². The minimum atomic E-state index is -4.32. The second-order valence-corrected chi connectivity index (χ2v) is 9.11. The van der Waals surface area contributed by atoms with Gasteiger partial charge in [-0.05, 0) is 74.5 Å². The molecular weight excluding hydrogens is 499 g/mol. The fourth-order valence-electron chi connectivity index (χ4n) is 3.14. The fraction of sp³-hybridized carbons (Fsp3) is 0.481. The number of aldehydes is 1. The third-order valence-electron chi connectivity index (χ3n) is 5.34.